The quantitative estimate of drug-likeness (QED) is 0.402. The van der Waals surface area contributed by atoms with Crippen molar-refractivity contribution in [1.29, 1.82) is 0 Å². The summed E-state index contributed by atoms with van der Waals surface area (Å²) in [6, 6.07) is 24.4. The zero-order chi connectivity index (χ0) is 22.2. The Kier molecular flexibility index (Phi) is 5.57. The van der Waals surface area contributed by atoms with Crippen molar-refractivity contribution in [3.05, 3.63) is 93.9 Å². The van der Waals surface area contributed by atoms with Gasteiger partial charge in [0.25, 0.3) is 5.91 Å². The summed E-state index contributed by atoms with van der Waals surface area (Å²) in [6.45, 7) is 7.02. The minimum Gasteiger partial charge on any atom is -0.334 e. The summed E-state index contributed by atoms with van der Waals surface area (Å²) >= 11 is 3.12. The first-order valence-electron chi connectivity index (χ1n) is 10.6. The van der Waals surface area contributed by atoms with Crippen LogP contribution in [0.25, 0.3) is 0 Å². The molecule has 0 atom stereocenters. The number of thioether (sulfide) groups is 2. The van der Waals surface area contributed by atoms with E-state index >= 15 is 0 Å². The van der Waals surface area contributed by atoms with Crippen LogP contribution in [0.1, 0.15) is 18.1 Å². The molecule has 3 aromatic rings. The standard InChI is InChI=1S/C26H23N3OS2/c1-4-28-21-7-5-6-8-22(21)31-25(28)23-24(30)29(20-15-11-18(3)12-16-20)26(32-23)27-19-13-9-17(2)10-14-19/h5-16H,4H2,1-3H3. The number of aliphatic imine (C=N–C) groups is 1. The van der Waals surface area contributed by atoms with E-state index in [0.29, 0.717) is 5.17 Å². The second kappa shape index (κ2) is 8.52. The number of aryl methyl sites for hydroxylation is 2. The third-order valence-corrected chi connectivity index (χ3v) is 7.79. The Balaban J connectivity index is 1.62. The number of hydrogen-bond donors (Lipinski definition) is 0. The molecule has 160 valence electrons. The number of carbonyl (C=O) groups is 1. The first kappa shape index (κ1) is 20.9. The summed E-state index contributed by atoms with van der Waals surface area (Å²) in [7, 11) is 0. The number of amides is 1. The van der Waals surface area contributed by atoms with Crippen molar-refractivity contribution in [2.45, 2.75) is 25.7 Å². The van der Waals surface area contributed by atoms with Gasteiger partial charge < -0.3 is 4.90 Å². The molecule has 5 rings (SSSR count). The maximum absolute atomic E-state index is 13.8. The smallest absolute Gasteiger partial charge is 0.274 e. The Morgan fingerprint density at radius 1 is 0.844 bits per heavy atom. The lowest BCUT2D eigenvalue weighted by Gasteiger charge is -2.19. The molecule has 0 aromatic heterocycles. The summed E-state index contributed by atoms with van der Waals surface area (Å²) in [5.74, 6) is -0.0292. The minimum atomic E-state index is -0.0292. The van der Waals surface area contributed by atoms with E-state index in [2.05, 4.69) is 30.9 Å². The molecule has 2 heterocycles. The fourth-order valence-electron chi connectivity index (χ4n) is 3.75. The van der Waals surface area contributed by atoms with E-state index in [1.54, 1.807) is 16.7 Å². The van der Waals surface area contributed by atoms with E-state index in [-0.39, 0.29) is 5.91 Å². The third kappa shape index (κ3) is 3.74. The Hall–Kier alpha value is -2.96. The van der Waals surface area contributed by atoms with Crippen LogP contribution in [0.2, 0.25) is 0 Å². The van der Waals surface area contributed by atoms with Gasteiger partial charge in [-0.05, 0) is 68.9 Å². The SMILES string of the molecule is CCN1C(=C2SC(=Nc3ccc(C)cc3)N(c3ccc(C)cc3)C2=O)Sc2ccccc21. The Bertz CT molecular complexity index is 1250. The van der Waals surface area contributed by atoms with Gasteiger partial charge in [0.2, 0.25) is 0 Å². The van der Waals surface area contributed by atoms with Gasteiger partial charge in [-0.25, -0.2) is 4.99 Å². The first-order chi connectivity index (χ1) is 15.5. The van der Waals surface area contributed by atoms with Crippen LogP contribution in [0.5, 0.6) is 0 Å². The lowest BCUT2D eigenvalue weighted by atomic mass is 10.2. The predicted octanol–water partition coefficient (Wildman–Crippen LogP) is 6.87. The maximum atomic E-state index is 13.8. The molecule has 0 unspecified atom stereocenters. The van der Waals surface area contributed by atoms with E-state index in [1.807, 2.05) is 67.6 Å². The summed E-state index contributed by atoms with van der Waals surface area (Å²) < 4.78 is 0. The number of benzene rings is 3. The molecule has 2 aliphatic heterocycles. The molecule has 0 N–H and O–H groups in total. The van der Waals surface area contributed by atoms with Crippen LogP contribution in [-0.2, 0) is 4.79 Å². The molecule has 0 bridgehead atoms. The van der Waals surface area contributed by atoms with Gasteiger partial charge >= 0.3 is 0 Å². The van der Waals surface area contributed by atoms with E-state index < -0.39 is 0 Å². The van der Waals surface area contributed by atoms with Crippen LogP contribution in [0.15, 0.2) is 92.6 Å². The normalized spacial score (nSPS) is 19.2. The van der Waals surface area contributed by atoms with E-state index in [0.717, 1.165) is 39.1 Å². The first-order valence-corrected chi connectivity index (χ1v) is 12.2. The van der Waals surface area contributed by atoms with Gasteiger partial charge in [0.15, 0.2) is 5.17 Å². The monoisotopic (exact) mass is 457 g/mol. The highest BCUT2D eigenvalue weighted by Crippen LogP contribution is 2.51. The molecular weight excluding hydrogens is 434 g/mol. The topological polar surface area (TPSA) is 35.9 Å². The van der Waals surface area contributed by atoms with Gasteiger partial charge in [0, 0.05) is 11.4 Å². The van der Waals surface area contributed by atoms with Crippen molar-refractivity contribution < 1.29 is 4.79 Å². The van der Waals surface area contributed by atoms with Crippen molar-refractivity contribution in [2.75, 3.05) is 16.3 Å². The highest BCUT2D eigenvalue weighted by atomic mass is 32.2. The molecule has 1 saturated heterocycles. The fourth-order valence-corrected chi connectivity index (χ4v) is 6.14. The van der Waals surface area contributed by atoms with Crippen molar-refractivity contribution >= 4 is 51.7 Å². The number of fused-ring (bicyclic) bond motifs is 1. The highest BCUT2D eigenvalue weighted by Gasteiger charge is 2.40. The van der Waals surface area contributed by atoms with Gasteiger partial charge in [-0.1, -0.05) is 59.3 Å². The summed E-state index contributed by atoms with van der Waals surface area (Å²) in [5.41, 5.74) is 5.16. The fraction of sp³-hybridized carbons (Fsp3) is 0.154. The number of rotatable bonds is 3. The molecule has 1 fully saturated rings. The van der Waals surface area contributed by atoms with Crippen LogP contribution >= 0.6 is 23.5 Å². The van der Waals surface area contributed by atoms with E-state index in [1.165, 1.54) is 22.2 Å². The van der Waals surface area contributed by atoms with Gasteiger partial charge in [0.05, 0.1) is 17.1 Å². The second-order valence-corrected chi connectivity index (χ2v) is 9.76. The number of anilines is 2. The number of amidine groups is 1. The number of nitrogens with zero attached hydrogens (tertiary/aromatic N) is 3. The summed E-state index contributed by atoms with van der Waals surface area (Å²) in [4.78, 5) is 24.5. The number of carbonyl (C=O) groups excluding carboxylic acids is 1. The molecule has 3 aromatic carbocycles. The molecule has 32 heavy (non-hydrogen) atoms. The van der Waals surface area contributed by atoms with E-state index in [4.69, 9.17) is 4.99 Å². The summed E-state index contributed by atoms with van der Waals surface area (Å²) in [6.07, 6.45) is 0. The van der Waals surface area contributed by atoms with Crippen LogP contribution < -0.4 is 9.80 Å². The predicted molar refractivity (Wildman–Crippen MR) is 137 cm³/mol. The van der Waals surface area contributed by atoms with Crippen molar-refractivity contribution in [3.63, 3.8) is 0 Å². The molecule has 1 amide bonds. The van der Waals surface area contributed by atoms with Gasteiger partial charge in [-0.15, -0.1) is 0 Å². The molecule has 0 radical (unpaired) electrons. The number of para-hydroxylation sites is 1. The lowest BCUT2D eigenvalue weighted by Crippen LogP contribution is -2.29. The average Bonchev–Trinajstić information content (AvgIpc) is 3.33. The van der Waals surface area contributed by atoms with E-state index in [9.17, 15) is 4.79 Å². The largest absolute Gasteiger partial charge is 0.334 e. The zero-order valence-corrected chi connectivity index (χ0v) is 19.8. The molecule has 4 nitrogen and oxygen atoms in total. The van der Waals surface area contributed by atoms with Crippen LogP contribution in [0.4, 0.5) is 17.1 Å². The maximum Gasteiger partial charge on any atom is 0.274 e. The molecule has 0 spiro atoms. The highest BCUT2D eigenvalue weighted by molar-refractivity contribution is 8.20. The van der Waals surface area contributed by atoms with Gasteiger partial charge in [0.1, 0.15) is 9.93 Å². The molecule has 2 aliphatic rings. The van der Waals surface area contributed by atoms with Crippen LogP contribution in [0, 0.1) is 13.8 Å². The van der Waals surface area contributed by atoms with Crippen molar-refractivity contribution in [1.82, 2.24) is 0 Å². The Morgan fingerprint density at radius 3 is 2.19 bits per heavy atom. The third-order valence-electron chi connectivity index (χ3n) is 5.45. The molecule has 6 heteroatoms. The van der Waals surface area contributed by atoms with Crippen LogP contribution in [0.3, 0.4) is 0 Å². The van der Waals surface area contributed by atoms with Gasteiger partial charge in [-0.2, -0.15) is 0 Å². The van der Waals surface area contributed by atoms with Crippen molar-refractivity contribution in [3.8, 4) is 0 Å². The van der Waals surface area contributed by atoms with Crippen molar-refractivity contribution in [2.24, 2.45) is 4.99 Å². The second-order valence-electron chi connectivity index (χ2n) is 7.76. The Labute approximate surface area is 197 Å². The molecule has 0 saturated carbocycles. The Morgan fingerprint density at radius 2 is 1.50 bits per heavy atom. The summed E-state index contributed by atoms with van der Waals surface area (Å²) in [5, 5.41) is 1.66. The molecular formula is C26H23N3OS2. The average molecular weight is 458 g/mol. The minimum absolute atomic E-state index is 0.0292. The molecule has 0 aliphatic carbocycles. The number of hydrogen-bond acceptors (Lipinski definition) is 5. The zero-order valence-electron chi connectivity index (χ0n) is 18.2. The lowest BCUT2D eigenvalue weighted by molar-refractivity contribution is -0.113. The van der Waals surface area contributed by atoms with Crippen LogP contribution in [-0.4, -0.2) is 17.6 Å². The van der Waals surface area contributed by atoms with Gasteiger partial charge in [-0.3, -0.25) is 9.69 Å².